The molecule has 0 heterocycles. The van der Waals surface area contributed by atoms with Crippen molar-refractivity contribution in [3.05, 3.63) is 12.7 Å². The summed E-state index contributed by atoms with van der Waals surface area (Å²) in [4.78, 5) is 12.5. The zero-order chi connectivity index (χ0) is 8.15. The van der Waals surface area contributed by atoms with Gasteiger partial charge in [0.05, 0.1) is 0 Å². The maximum Gasteiger partial charge on any atom is 0.215 e. The molecule has 0 fully saturated rings. The van der Waals surface area contributed by atoms with Crippen LogP contribution in [0.15, 0.2) is 12.7 Å². The lowest BCUT2D eigenvalue weighted by molar-refractivity contribution is 0.218. The maximum absolute atomic E-state index is 10.8. The van der Waals surface area contributed by atoms with E-state index in [1.54, 1.807) is 19.8 Å². The van der Waals surface area contributed by atoms with Gasteiger partial charge < -0.3 is 4.90 Å². The molecular weight excluding hydrogens is 125 g/mol. The van der Waals surface area contributed by atoms with Gasteiger partial charge in [0.2, 0.25) is 7.85 Å². The van der Waals surface area contributed by atoms with E-state index in [4.69, 9.17) is 0 Å². The Kier molecular flexibility index (Phi) is 3.85. The van der Waals surface area contributed by atoms with Crippen LogP contribution < -0.4 is 0 Å². The summed E-state index contributed by atoms with van der Waals surface area (Å²) in [6.07, 6.45) is 2.68. The Balaban J connectivity index is 3.80. The van der Waals surface area contributed by atoms with Crippen molar-refractivity contribution < 1.29 is 4.79 Å². The van der Waals surface area contributed by atoms with E-state index in [1.807, 2.05) is 13.0 Å². The molecule has 3 heteroatoms. The average molecular weight is 139 g/mol. The van der Waals surface area contributed by atoms with Crippen LogP contribution in [-0.4, -0.2) is 31.6 Å². The number of hydrogen-bond donors (Lipinski definition) is 0. The van der Waals surface area contributed by atoms with Gasteiger partial charge in [-0.25, -0.2) is 0 Å². The smallest absolute Gasteiger partial charge is 0.215 e. The van der Waals surface area contributed by atoms with Crippen LogP contribution in [0, 0.1) is 0 Å². The van der Waals surface area contributed by atoms with E-state index in [9.17, 15) is 4.79 Å². The van der Waals surface area contributed by atoms with Crippen molar-refractivity contribution in [1.29, 1.82) is 0 Å². The molecule has 0 aromatic rings. The standard InChI is InChI=1S/C7H14BNO/c1-4-5-6(2)9(3)7(8)10/h4,6H,1,5,8H2,2-3H3/t6-/m0/s1. The normalized spacial score (nSPS) is 12.2. The number of rotatable bonds is 3. The third kappa shape index (κ3) is 2.71. The molecule has 2 nitrogen and oxygen atoms in total. The van der Waals surface area contributed by atoms with Crippen molar-refractivity contribution in [1.82, 2.24) is 4.90 Å². The van der Waals surface area contributed by atoms with Crippen molar-refractivity contribution in [2.75, 3.05) is 7.05 Å². The molecular formula is C7H14BNO. The van der Waals surface area contributed by atoms with Crippen molar-refractivity contribution in [2.45, 2.75) is 19.4 Å². The number of carbonyl (C=O) groups excluding carboxylic acids is 1. The zero-order valence-electron chi connectivity index (χ0n) is 6.92. The summed E-state index contributed by atoms with van der Waals surface area (Å²) in [6.45, 7) is 5.61. The first kappa shape index (κ1) is 9.27. The van der Waals surface area contributed by atoms with Gasteiger partial charge in [-0.05, 0) is 13.3 Å². The Hall–Kier alpha value is -0.725. The number of nitrogens with zero attached hydrogens (tertiary/aromatic N) is 1. The number of amides is 1. The Bertz CT molecular complexity index is 136. The second-order valence-electron chi connectivity index (χ2n) is 2.50. The van der Waals surface area contributed by atoms with E-state index in [-0.39, 0.29) is 11.8 Å². The summed E-state index contributed by atoms with van der Waals surface area (Å²) >= 11 is 0. The van der Waals surface area contributed by atoms with Crippen molar-refractivity contribution >= 4 is 13.7 Å². The molecule has 10 heavy (non-hydrogen) atoms. The predicted molar refractivity (Wildman–Crippen MR) is 46.0 cm³/mol. The molecule has 0 aliphatic rings. The Morgan fingerprint density at radius 1 is 1.90 bits per heavy atom. The highest BCUT2D eigenvalue weighted by atomic mass is 16.1. The average Bonchev–Trinajstić information content (AvgIpc) is 1.87. The fourth-order valence-corrected chi connectivity index (χ4v) is 0.710. The van der Waals surface area contributed by atoms with Crippen LogP contribution in [-0.2, 0) is 0 Å². The Morgan fingerprint density at radius 2 is 2.40 bits per heavy atom. The molecule has 0 rings (SSSR count). The Labute approximate surface area is 63.3 Å². The summed E-state index contributed by atoms with van der Waals surface area (Å²) in [7, 11) is 3.37. The quantitative estimate of drug-likeness (QED) is 0.415. The SMILES string of the molecule is BC(=O)N(C)[C@@H](C)CC=C. The van der Waals surface area contributed by atoms with Gasteiger partial charge in [0.1, 0.15) is 0 Å². The highest BCUT2D eigenvalue weighted by Crippen LogP contribution is 2.00. The minimum absolute atomic E-state index is 0.106. The molecule has 0 spiro atoms. The van der Waals surface area contributed by atoms with Gasteiger partial charge >= 0.3 is 0 Å². The van der Waals surface area contributed by atoms with Gasteiger partial charge in [0.25, 0.3) is 0 Å². The van der Waals surface area contributed by atoms with Crippen LogP contribution >= 0.6 is 0 Å². The largest absolute Gasteiger partial charge is 0.352 e. The van der Waals surface area contributed by atoms with Crippen LogP contribution in [0.3, 0.4) is 0 Å². The van der Waals surface area contributed by atoms with Crippen molar-refractivity contribution in [2.24, 2.45) is 0 Å². The first-order valence-corrected chi connectivity index (χ1v) is 3.44. The van der Waals surface area contributed by atoms with Gasteiger partial charge in [-0.3, -0.25) is 4.79 Å². The Morgan fingerprint density at radius 3 is 2.70 bits per heavy atom. The van der Waals surface area contributed by atoms with Crippen LogP contribution in [0.5, 0.6) is 0 Å². The summed E-state index contributed by atoms with van der Waals surface area (Å²) in [5.74, 6) is 0.106. The van der Waals surface area contributed by atoms with E-state index in [2.05, 4.69) is 6.58 Å². The molecule has 0 aliphatic heterocycles. The fraction of sp³-hybridized carbons (Fsp3) is 0.571. The highest BCUT2D eigenvalue weighted by molar-refractivity contribution is 6.56. The third-order valence-electron chi connectivity index (χ3n) is 1.67. The van der Waals surface area contributed by atoms with Crippen LogP contribution in [0.25, 0.3) is 0 Å². The molecule has 0 radical (unpaired) electrons. The molecule has 0 aromatic heterocycles. The summed E-state index contributed by atoms with van der Waals surface area (Å²) in [5, 5.41) is 0. The predicted octanol–water partition coefficient (Wildman–Crippen LogP) is 0.636. The van der Waals surface area contributed by atoms with E-state index < -0.39 is 0 Å². The van der Waals surface area contributed by atoms with E-state index in [0.29, 0.717) is 0 Å². The second kappa shape index (κ2) is 4.15. The van der Waals surface area contributed by atoms with Gasteiger partial charge in [0.15, 0.2) is 5.81 Å². The molecule has 0 unspecified atom stereocenters. The van der Waals surface area contributed by atoms with Gasteiger partial charge in [-0.2, -0.15) is 0 Å². The monoisotopic (exact) mass is 139 g/mol. The summed E-state index contributed by atoms with van der Waals surface area (Å²) in [6, 6.07) is 0.273. The lowest BCUT2D eigenvalue weighted by atomic mass is 10.1. The first-order chi connectivity index (χ1) is 4.59. The van der Waals surface area contributed by atoms with E-state index in [0.717, 1.165) is 6.42 Å². The van der Waals surface area contributed by atoms with Crippen LogP contribution in [0.1, 0.15) is 13.3 Å². The van der Waals surface area contributed by atoms with Gasteiger partial charge in [-0.15, -0.1) is 6.58 Å². The summed E-state index contributed by atoms with van der Waals surface area (Å²) in [5.41, 5.74) is 0. The molecule has 0 N–H and O–H groups in total. The van der Waals surface area contributed by atoms with Crippen LogP contribution in [0.2, 0.25) is 0 Å². The molecule has 1 atom stereocenters. The van der Waals surface area contributed by atoms with Gasteiger partial charge in [-0.1, -0.05) is 6.08 Å². The van der Waals surface area contributed by atoms with Crippen molar-refractivity contribution in [3.8, 4) is 0 Å². The highest BCUT2D eigenvalue weighted by Gasteiger charge is 2.08. The zero-order valence-corrected chi connectivity index (χ0v) is 6.92. The topological polar surface area (TPSA) is 20.3 Å². The van der Waals surface area contributed by atoms with E-state index >= 15 is 0 Å². The molecule has 0 saturated carbocycles. The minimum Gasteiger partial charge on any atom is -0.352 e. The molecule has 56 valence electrons. The number of hydrogen-bond acceptors (Lipinski definition) is 1. The lowest BCUT2D eigenvalue weighted by Crippen LogP contribution is -2.33. The minimum atomic E-state index is 0.106. The molecule has 0 aromatic carbocycles. The number of carbonyl (C=O) groups is 1. The maximum atomic E-state index is 10.8. The lowest BCUT2D eigenvalue weighted by Gasteiger charge is -2.22. The summed E-state index contributed by atoms with van der Waals surface area (Å²) < 4.78 is 0. The van der Waals surface area contributed by atoms with E-state index in [1.165, 1.54) is 0 Å². The molecule has 0 saturated heterocycles. The molecule has 0 aliphatic carbocycles. The molecule has 1 amide bonds. The fourth-order valence-electron chi connectivity index (χ4n) is 0.710. The molecule has 0 bridgehead atoms. The second-order valence-corrected chi connectivity index (χ2v) is 2.50. The first-order valence-electron chi connectivity index (χ1n) is 3.44. The van der Waals surface area contributed by atoms with Crippen molar-refractivity contribution in [3.63, 3.8) is 0 Å². The van der Waals surface area contributed by atoms with Crippen LogP contribution in [0.4, 0.5) is 4.79 Å². The third-order valence-corrected chi connectivity index (χ3v) is 1.67. The van der Waals surface area contributed by atoms with Gasteiger partial charge in [0, 0.05) is 13.1 Å².